The number of H-pyrrole nitrogens is 1. The van der Waals surface area contributed by atoms with Crippen molar-refractivity contribution in [1.29, 1.82) is 0 Å². The molecule has 2 rings (SSSR count). The molecular formula is C10H8Cl2N2S. The molecule has 0 atom stereocenters. The summed E-state index contributed by atoms with van der Waals surface area (Å²) in [5, 5.41) is 1.16. The van der Waals surface area contributed by atoms with E-state index < -0.39 is 0 Å². The molecule has 0 fully saturated rings. The number of benzene rings is 1. The van der Waals surface area contributed by atoms with Crippen LogP contribution in [0.5, 0.6) is 0 Å². The molecule has 1 aromatic carbocycles. The number of imidazole rings is 1. The van der Waals surface area contributed by atoms with Crippen LogP contribution in [0, 0.1) is 11.7 Å². The third kappa shape index (κ3) is 1.95. The van der Waals surface area contributed by atoms with E-state index in [9.17, 15) is 0 Å². The smallest absolute Gasteiger partial charge is 0.182 e. The zero-order valence-corrected chi connectivity index (χ0v) is 10.2. The van der Waals surface area contributed by atoms with Crippen molar-refractivity contribution in [3.63, 3.8) is 0 Å². The van der Waals surface area contributed by atoms with Crippen molar-refractivity contribution in [2.24, 2.45) is 0 Å². The van der Waals surface area contributed by atoms with Crippen molar-refractivity contribution in [3.8, 4) is 5.69 Å². The highest BCUT2D eigenvalue weighted by atomic mass is 35.5. The summed E-state index contributed by atoms with van der Waals surface area (Å²) >= 11 is 17.3. The Balaban J connectivity index is 2.74. The summed E-state index contributed by atoms with van der Waals surface area (Å²) in [4.78, 5) is 3.02. The SMILES string of the molecule is Cc1cn(-c2c(Cl)cccc2Cl)c(=S)[nH]1. The molecule has 0 saturated heterocycles. The largest absolute Gasteiger partial charge is 0.335 e. The number of hydrogen-bond acceptors (Lipinski definition) is 1. The van der Waals surface area contributed by atoms with Gasteiger partial charge in [0.05, 0.1) is 15.7 Å². The predicted octanol–water partition coefficient (Wildman–Crippen LogP) is 4.15. The van der Waals surface area contributed by atoms with Crippen molar-refractivity contribution < 1.29 is 0 Å². The highest BCUT2D eigenvalue weighted by molar-refractivity contribution is 7.71. The Kier molecular flexibility index (Phi) is 2.87. The zero-order chi connectivity index (χ0) is 11.0. The lowest BCUT2D eigenvalue weighted by atomic mass is 10.3. The first-order valence-corrected chi connectivity index (χ1v) is 5.48. The lowest BCUT2D eigenvalue weighted by molar-refractivity contribution is 1.03. The molecule has 0 unspecified atom stereocenters. The Hall–Kier alpha value is -0.770. The minimum atomic E-state index is 0.581. The first kappa shape index (κ1) is 10.7. The molecule has 15 heavy (non-hydrogen) atoms. The van der Waals surface area contributed by atoms with E-state index in [1.165, 1.54) is 0 Å². The second kappa shape index (κ2) is 4.00. The maximum Gasteiger partial charge on any atom is 0.182 e. The van der Waals surface area contributed by atoms with Crippen molar-refractivity contribution in [2.45, 2.75) is 6.92 Å². The molecule has 0 spiro atoms. The number of nitrogens with zero attached hydrogens (tertiary/aromatic N) is 1. The second-order valence-electron chi connectivity index (χ2n) is 3.18. The number of hydrogen-bond donors (Lipinski definition) is 1. The monoisotopic (exact) mass is 258 g/mol. The number of aromatic nitrogens is 2. The molecule has 0 bridgehead atoms. The lowest BCUT2D eigenvalue weighted by Gasteiger charge is -2.06. The summed E-state index contributed by atoms with van der Waals surface area (Å²) < 4.78 is 2.36. The number of aromatic amines is 1. The fraction of sp³-hybridized carbons (Fsp3) is 0.100. The summed E-state index contributed by atoms with van der Waals surface area (Å²) in [5.41, 5.74) is 1.69. The van der Waals surface area contributed by atoms with Gasteiger partial charge < -0.3 is 4.98 Å². The molecule has 0 aliphatic heterocycles. The van der Waals surface area contributed by atoms with Gasteiger partial charge in [0.15, 0.2) is 4.77 Å². The number of halogens is 2. The molecule has 1 N–H and O–H groups in total. The summed E-state index contributed by atoms with van der Waals surface area (Å²) in [6.45, 7) is 1.93. The number of nitrogens with one attached hydrogen (secondary N) is 1. The number of aryl methyl sites for hydroxylation is 1. The Morgan fingerprint density at radius 2 is 1.87 bits per heavy atom. The van der Waals surface area contributed by atoms with E-state index in [1.807, 2.05) is 13.1 Å². The third-order valence-corrected chi connectivity index (χ3v) is 2.93. The summed E-state index contributed by atoms with van der Waals surface area (Å²) in [6.07, 6.45) is 1.87. The van der Waals surface area contributed by atoms with Crippen LogP contribution in [0.1, 0.15) is 5.69 Å². The standard InChI is InChI=1S/C10H8Cl2N2S/c1-6-5-14(10(15)13-6)9-7(11)3-2-4-8(9)12/h2-5H,1H3,(H,13,15). The fourth-order valence-electron chi connectivity index (χ4n) is 1.40. The molecule has 0 aliphatic carbocycles. The van der Waals surface area contributed by atoms with Gasteiger partial charge in [-0.25, -0.2) is 0 Å². The minimum absolute atomic E-state index is 0.581. The highest BCUT2D eigenvalue weighted by Gasteiger charge is 2.08. The minimum Gasteiger partial charge on any atom is -0.335 e. The average Bonchev–Trinajstić information content (AvgIpc) is 2.45. The second-order valence-corrected chi connectivity index (χ2v) is 4.38. The molecule has 78 valence electrons. The van der Waals surface area contributed by atoms with Crippen LogP contribution < -0.4 is 0 Å². The number of para-hydroxylation sites is 1. The Morgan fingerprint density at radius 3 is 2.33 bits per heavy atom. The van der Waals surface area contributed by atoms with Crippen LogP contribution in [-0.4, -0.2) is 9.55 Å². The molecule has 5 heteroatoms. The van der Waals surface area contributed by atoms with E-state index in [0.717, 1.165) is 11.4 Å². The first-order valence-electron chi connectivity index (χ1n) is 4.32. The first-order chi connectivity index (χ1) is 7.09. The van der Waals surface area contributed by atoms with Crippen molar-refractivity contribution >= 4 is 35.4 Å². The average molecular weight is 259 g/mol. The van der Waals surface area contributed by atoms with Gasteiger partial charge in [-0.3, -0.25) is 4.57 Å². The molecule has 2 aromatic rings. The molecule has 1 aromatic heterocycles. The normalized spacial score (nSPS) is 10.6. The van der Waals surface area contributed by atoms with Crippen LogP contribution in [0.15, 0.2) is 24.4 Å². The van der Waals surface area contributed by atoms with Gasteiger partial charge in [0, 0.05) is 11.9 Å². The maximum atomic E-state index is 6.08. The molecule has 0 aliphatic rings. The Bertz CT molecular complexity index is 537. The molecular weight excluding hydrogens is 251 g/mol. The molecule has 2 nitrogen and oxygen atoms in total. The van der Waals surface area contributed by atoms with Crippen LogP contribution >= 0.6 is 35.4 Å². The van der Waals surface area contributed by atoms with Crippen LogP contribution in [0.25, 0.3) is 5.69 Å². The van der Waals surface area contributed by atoms with Gasteiger partial charge in [-0.15, -0.1) is 0 Å². The Labute approximate surface area is 102 Å². The van der Waals surface area contributed by atoms with E-state index in [0.29, 0.717) is 14.8 Å². The van der Waals surface area contributed by atoms with Gasteiger partial charge in [-0.2, -0.15) is 0 Å². The third-order valence-electron chi connectivity index (χ3n) is 2.02. The molecule has 0 radical (unpaired) electrons. The van der Waals surface area contributed by atoms with Crippen LogP contribution in [-0.2, 0) is 0 Å². The predicted molar refractivity (Wildman–Crippen MR) is 65.7 cm³/mol. The van der Waals surface area contributed by atoms with Gasteiger partial charge >= 0.3 is 0 Å². The summed E-state index contributed by atoms with van der Waals surface area (Å²) in [7, 11) is 0. The van der Waals surface area contributed by atoms with E-state index in [-0.39, 0.29) is 0 Å². The number of rotatable bonds is 1. The van der Waals surface area contributed by atoms with Gasteiger partial charge in [-0.05, 0) is 31.3 Å². The van der Waals surface area contributed by atoms with E-state index in [2.05, 4.69) is 4.98 Å². The quantitative estimate of drug-likeness (QED) is 0.763. The van der Waals surface area contributed by atoms with Crippen molar-refractivity contribution in [3.05, 3.63) is 44.9 Å². The zero-order valence-electron chi connectivity index (χ0n) is 7.92. The van der Waals surface area contributed by atoms with Gasteiger partial charge in [-0.1, -0.05) is 29.3 Å². The maximum absolute atomic E-state index is 6.08. The van der Waals surface area contributed by atoms with E-state index in [1.54, 1.807) is 22.8 Å². The van der Waals surface area contributed by atoms with E-state index in [4.69, 9.17) is 35.4 Å². The van der Waals surface area contributed by atoms with E-state index >= 15 is 0 Å². The topological polar surface area (TPSA) is 20.7 Å². The summed E-state index contributed by atoms with van der Waals surface area (Å²) in [5.74, 6) is 0. The molecule has 0 saturated carbocycles. The highest BCUT2D eigenvalue weighted by Crippen LogP contribution is 2.28. The van der Waals surface area contributed by atoms with Crippen molar-refractivity contribution in [2.75, 3.05) is 0 Å². The Morgan fingerprint density at radius 1 is 1.27 bits per heavy atom. The molecule has 0 amide bonds. The van der Waals surface area contributed by atoms with Crippen molar-refractivity contribution in [1.82, 2.24) is 9.55 Å². The van der Waals surface area contributed by atoms with Crippen LogP contribution in [0.3, 0.4) is 0 Å². The lowest BCUT2D eigenvalue weighted by Crippen LogP contribution is -1.94. The van der Waals surface area contributed by atoms with Gasteiger partial charge in [0.25, 0.3) is 0 Å². The molecule has 1 heterocycles. The van der Waals surface area contributed by atoms with Crippen LogP contribution in [0.4, 0.5) is 0 Å². The van der Waals surface area contributed by atoms with Gasteiger partial charge in [0.2, 0.25) is 0 Å². The van der Waals surface area contributed by atoms with Crippen LogP contribution in [0.2, 0.25) is 10.0 Å². The van der Waals surface area contributed by atoms with Gasteiger partial charge in [0.1, 0.15) is 0 Å². The summed E-state index contributed by atoms with van der Waals surface area (Å²) in [6, 6.07) is 5.37. The fourth-order valence-corrected chi connectivity index (χ4v) is 2.28.